The van der Waals surface area contributed by atoms with Gasteiger partial charge in [-0.25, -0.2) is 0 Å². The monoisotopic (exact) mass is 546 g/mol. The van der Waals surface area contributed by atoms with E-state index in [1.165, 1.54) is 0 Å². The lowest BCUT2D eigenvalue weighted by molar-refractivity contribution is -0.153. The maximum Gasteiger partial charge on any atom is 0.202 e. The normalized spacial score (nSPS) is 26.1. The zero-order valence-electron chi connectivity index (χ0n) is 23.4. The quantitative estimate of drug-likeness (QED) is 0.426. The number of likely N-dealkylation sites (N-methyl/N-ethyl adjacent to an activating group) is 1. The van der Waals surface area contributed by atoms with Crippen LogP contribution in [0.1, 0.15) is 30.0 Å². The highest BCUT2D eigenvalue weighted by Gasteiger charge is 2.64. The molecule has 9 heteroatoms. The number of fused-ring (bicyclic) bond motifs is 3. The minimum absolute atomic E-state index is 0.0819. The molecule has 0 unspecified atom stereocenters. The van der Waals surface area contributed by atoms with E-state index < -0.39 is 57.9 Å². The summed E-state index contributed by atoms with van der Waals surface area (Å²) < 4.78 is 0. The van der Waals surface area contributed by atoms with Crippen LogP contribution < -0.4 is 4.90 Å². The van der Waals surface area contributed by atoms with Crippen molar-refractivity contribution in [1.29, 1.82) is 0 Å². The summed E-state index contributed by atoms with van der Waals surface area (Å²) in [6.45, 7) is 2.79. The smallest absolute Gasteiger partial charge is 0.202 e. The van der Waals surface area contributed by atoms with Crippen LogP contribution in [0.25, 0.3) is 16.9 Å². The van der Waals surface area contributed by atoms with E-state index in [-0.39, 0.29) is 29.7 Å². The molecule has 5 rings (SSSR count). The standard InChI is InChI=1S/C31H34N2O7/c1-14-11-19(16-7-9-18(10-8-16)32(3)4)20-12-17-13-21-25(33(5)6)28(37)22(15(2)34)29(38)31(21,40)30(39)23(17)27(36)24(20)26(14)35/h7-11,17,21,25,35-36,38,40H,12-13H2,1-6H3/t17-,21-,25-,31+/m0/s1. The Balaban J connectivity index is 1.73. The molecule has 9 nitrogen and oxygen atoms in total. The van der Waals surface area contributed by atoms with Gasteiger partial charge in [0.2, 0.25) is 5.78 Å². The van der Waals surface area contributed by atoms with E-state index >= 15 is 0 Å². The predicted octanol–water partition coefficient (Wildman–Crippen LogP) is 3.11. The van der Waals surface area contributed by atoms with E-state index in [0.717, 1.165) is 23.7 Å². The van der Waals surface area contributed by atoms with E-state index in [4.69, 9.17) is 0 Å². The van der Waals surface area contributed by atoms with Crippen LogP contribution in [-0.2, 0) is 20.8 Å². The van der Waals surface area contributed by atoms with Gasteiger partial charge >= 0.3 is 0 Å². The summed E-state index contributed by atoms with van der Waals surface area (Å²) in [4.78, 5) is 43.3. The van der Waals surface area contributed by atoms with Crippen LogP contribution >= 0.6 is 0 Å². The molecule has 0 aliphatic heterocycles. The molecular formula is C31H34N2O7. The number of Topliss-reactive ketones (excluding diaryl/α,β-unsaturated/α-hetero) is 3. The van der Waals surface area contributed by atoms with E-state index in [1.54, 1.807) is 25.9 Å². The molecule has 3 aliphatic carbocycles. The number of benzene rings is 2. The van der Waals surface area contributed by atoms with Crippen molar-refractivity contribution in [3.63, 3.8) is 0 Å². The van der Waals surface area contributed by atoms with Gasteiger partial charge < -0.3 is 25.3 Å². The second-order valence-electron chi connectivity index (χ2n) is 11.5. The highest BCUT2D eigenvalue weighted by molar-refractivity contribution is 6.25. The fourth-order valence-corrected chi connectivity index (χ4v) is 6.74. The summed E-state index contributed by atoms with van der Waals surface area (Å²) in [7, 11) is 7.11. The van der Waals surface area contributed by atoms with E-state index in [1.807, 2.05) is 49.3 Å². The molecule has 40 heavy (non-hydrogen) atoms. The molecule has 0 radical (unpaired) electrons. The Morgan fingerprint density at radius 3 is 2.20 bits per heavy atom. The fraction of sp³-hybridized carbons (Fsp3) is 0.387. The van der Waals surface area contributed by atoms with Gasteiger partial charge in [0.15, 0.2) is 17.2 Å². The van der Waals surface area contributed by atoms with Gasteiger partial charge in [0, 0.05) is 31.3 Å². The number of aryl methyl sites for hydroxylation is 1. The maximum atomic E-state index is 14.1. The minimum atomic E-state index is -2.58. The number of aliphatic hydroxyl groups excluding tert-OH is 2. The van der Waals surface area contributed by atoms with Gasteiger partial charge in [-0.15, -0.1) is 0 Å². The van der Waals surface area contributed by atoms with Gasteiger partial charge in [-0.3, -0.25) is 19.3 Å². The molecule has 1 fully saturated rings. The number of hydrogen-bond donors (Lipinski definition) is 4. The minimum Gasteiger partial charge on any atom is -0.508 e. The molecule has 0 heterocycles. The highest BCUT2D eigenvalue weighted by atomic mass is 16.3. The first-order chi connectivity index (χ1) is 18.7. The SMILES string of the molecule is CC(=O)C1=C(O)[C@@]2(O)C(=O)C3=C(O)c4c(O)c(C)cc(-c5ccc(N(C)C)cc5)c4C[C@H]3C[C@H]2[C@H](N(C)C)C1=O. The molecule has 4 atom stereocenters. The number of carbonyl (C=O) groups excluding carboxylic acids is 3. The lowest BCUT2D eigenvalue weighted by Gasteiger charge is -2.50. The second-order valence-corrected chi connectivity index (χ2v) is 11.5. The Labute approximate surface area is 232 Å². The van der Waals surface area contributed by atoms with E-state index in [9.17, 15) is 34.8 Å². The summed E-state index contributed by atoms with van der Waals surface area (Å²) in [5.41, 5.74) is 0.609. The molecule has 1 saturated carbocycles. The molecule has 4 N–H and O–H groups in total. The number of carbonyl (C=O) groups is 3. The number of hydrogen-bond acceptors (Lipinski definition) is 9. The van der Waals surface area contributed by atoms with Gasteiger partial charge in [-0.2, -0.15) is 0 Å². The largest absolute Gasteiger partial charge is 0.508 e. The van der Waals surface area contributed by atoms with Crippen molar-refractivity contribution in [3.05, 3.63) is 63.9 Å². The highest BCUT2D eigenvalue weighted by Crippen LogP contribution is 2.54. The Bertz CT molecular complexity index is 1530. The van der Waals surface area contributed by atoms with Gasteiger partial charge in [0.05, 0.1) is 11.6 Å². The lowest BCUT2D eigenvalue weighted by atomic mass is 9.57. The molecule has 3 aliphatic rings. The van der Waals surface area contributed by atoms with Crippen molar-refractivity contribution in [2.24, 2.45) is 11.8 Å². The van der Waals surface area contributed by atoms with Gasteiger partial charge in [-0.05, 0) is 87.2 Å². The number of rotatable bonds is 4. The van der Waals surface area contributed by atoms with E-state index in [0.29, 0.717) is 11.1 Å². The van der Waals surface area contributed by atoms with Gasteiger partial charge in [-0.1, -0.05) is 12.1 Å². The number of nitrogens with zero attached hydrogens (tertiary/aromatic N) is 2. The summed E-state index contributed by atoms with van der Waals surface area (Å²) in [6, 6.07) is 8.65. The van der Waals surface area contributed by atoms with Crippen molar-refractivity contribution in [3.8, 4) is 16.9 Å². The number of aliphatic hydroxyl groups is 3. The van der Waals surface area contributed by atoms with Crippen molar-refractivity contribution in [2.45, 2.75) is 38.3 Å². The Morgan fingerprint density at radius 2 is 1.65 bits per heavy atom. The first-order valence-electron chi connectivity index (χ1n) is 13.2. The lowest BCUT2D eigenvalue weighted by Crippen LogP contribution is -2.65. The summed E-state index contributed by atoms with van der Waals surface area (Å²) in [5.74, 6) is -5.66. The zero-order valence-corrected chi connectivity index (χ0v) is 23.4. The average Bonchev–Trinajstić information content (AvgIpc) is 2.88. The van der Waals surface area contributed by atoms with Crippen LogP contribution in [0, 0.1) is 18.8 Å². The fourth-order valence-electron chi connectivity index (χ4n) is 6.74. The number of ketones is 3. The third kappa shape index (κ3) is 3.72. The first kappa shape index (κ1) is 27.6. The Morgan fingerprint density at radius 1 is 1.02 bits per heavy atom. The Hall–Kier alpha value is -3.95. The Kier molecular flexibility index (Phi) is 6.43. The summed E-state index contributed by atoms with van der Waals surface area (Å²) >= 11 is 0. The molecule has 0 amide bonds. The predicted molar refractivity (Wildman–Crippen MR) is 150 cm³/mol. The van der Waals surface area contributed by atoms with Crippen LogP contribution in [0.4, 0.5) is 5.69 Å². The number of anilines is 1. The summed E-state index contributed by atoms with van der Waals surface area (Å²) in [5, 5.41) is 45.5. The van der Waals surface area contributed by atoms with Gasteiger partial charge in [0.25, 0.3) is 0 Å². The van der Waals surface area contributed by atoms with Crippen LogP contribution in [-0.4, -0.2) is 82.5 Å². The van der Waals surface area contributed by atoms with Crippen molar-refractivity contribution < 1.29 is 34.8 Å². The maximum absolute atomic E-state index is 14.1. The molecule has 0 bridgehead atoms. The third-order valence-electron chi connectivity index (χ3n) is 8.71. The molecule has 2 aromatic rings. The third-order valence-corrected chi connectivity index (χ3v) is 8.71. The topological polar surface area (TPSA) is 139 Å². The van der Waals surface area contributed by atoms with Crippen LogP contribution in [0.5, 0.6) is 5.75 Å². The second kappa shape index (κ2) is 9.31. The molecule has 2 aromatic carbocycles. The van der Waals surface area contributed by atoms with Crippen molar-refractivity contribution in [2.75, 3.05) is 33.1 Å². The average molecular weight is 547 g/mol. The first-order valence-corrected chi connectivity index (χ1v) is 13.2. The number of phenols is 1. The number of phenolic OH excluding ortho intramolecular Hbond substituents is 1. The van der Waals surface area contributed by atoms with E-state index in [2.05, 4.69) is 0 Å². The van der Waals surface area contributed by atoms with Crippen LogP contribution in [0.3, 0.4) is 0 Å². The summed E-state index contributed by atoms with van der Waals surface area (Å²) in [6.07, 6.45) is 0.336. The van der Waals surface area contributed by atoms with Crippen molar-refractivity contribution >= 4 is 28.8 Å². The van der Waals surface area contributed by atoms with Gasteiger partial charge in [0.1, 0.15) is 22.8 Å². The molecular weight excluding hydrogens is 512 g/mol. The van der Waals surface area contributed by atoms with Crippen LogP contribution in [0.2, 0.25) is 0 Å². The molecule has 0 aromatic heterocycles. The van der Waals surface area contributed by atoms with Crippen LogP contribution in [0.15, 0.2) is 47.2 Å². The van der Waals surface area contributed by atoms with Crippen molar-refractivity contribution in [1.82, 2.24) is 4.90 Å². The zero-order chi connectivity index (χ0) is 29.4. The molecule has 210 valence electrons. The molecule has 0 saturated heterocycles. The molecule has 0 spiro atoms. The number of aromatic hydroxyl groups is 1.